The molecule has 0 saturated heterocycles. The largest absolute Gasteiger partial charge is 0.256 e. The molecule has 0 N–H and O–H groups in total. The first kappa shape index (κ1) is 22.3. The fraction of sp³-hybridized carbons (Fsp3) is 0.870. The summed E-state index contributed by atoms with van der Waals surface area (Å²) in [6, 6.07) is 0.574. The number of aryl methyl sites for hydroxylation is 1. The molecule has 0 bridgehead atoms. The van der Waals surface area contributed by atoms with Gasteiger partial charge in [-0.3, -0.25) is 0 Å². The maximum absolute atomic E-state index is 2.54. The molecule has 2 nitrogen and oxygen atoms in total. The van der Waals surface area contributed by atoms with Crippen LogP contribution in [0.3, 0.4) is 0 Å². The quantitative estimate of drug-likeness (QED) is 0.224. The highest BCUT2D eigenvalue weighted by atomic mass is 15.2. The summed E-state index contributed by atoms with van der Waals surface area (Å²) < 4.78 is 5.03. The Morgan fingerprint density at radius 3 is 1.84 bits per heavy atom. The molecule has 0 spiro atoms. The van der Waals surface area contributed by atoms with E-state index in [1.165, 1.54) is 96.4 Å². The summed E-state index contributed by atoms with van der Waals surface area (Å²) in [6.45, 7) is 10.4. The highest BCUT2D eigenvalue weighted by molar-refractivity contribution is 4.86. The molecule has 2 heteroatoms. The summed E-state index contributed by atoms with van der Waals surface area (Å²) in [7, 11) is 0. The fourth-order valence-electron chi connectivity index (χ4n) is 3.72. The number of aromatic nitrogens is 2. The lowest BCUT2D eigenvalue weighted by Gasteiger charge is -2.08. The first-order valence-corrected chi connectivity index (χ1v) is 11.3. The monoisotopic (exact) mass is 349 g/mol. The topological polar surface area (TPSA) is 8.81 Å². The summed E-state index contributed by atoms with van der Waals surface area (Å²) in [5.74, 6) is 1.55. The molecule has 146 valence electrons. The molecule has 0 amide bonds. The van der Waals surface area contributed by atoms with Crippen molar-refractivity contribution in [3.63, 3.8) is 0 Å². The molecule has 0 aliphatic heterocycles. The molecule has 0 fully saturated rings. The molecule has 25 heavy (non-hydrogen) atoms. The number of nitrogens with zero attached hydrogens (tertiary/aromatic N) is 2. The third-order valence-electron chi connectivity index (χ3n) is 5.35. The van der Waals surface area contributed by atoms with Gasteiger partial charge in [-0.1, -0.05) is 78.1 Å². The van der Waals surface area contributed by atoms with Crippen molar-refractivity contribution in [1.29, 1.82) is 0 Å². The van der Waals surface area contributed by atoms with E-state index in [4.69, 9.17) is 0 Å². The van der Waals surface area contributed by atoms with Crippen LogP contribution in [0, 0.1) is 0 Å². The minimum Gasteiger partial charge on any atom is -0.234 e. The van der Waals surface area contributed by atoms with Crippen molar-refractivity contribution < 1.29 is 4.57 Å². The van der Waals surface area contributed by atoms with Gasteiger partial charge in [-0.15, -0.1) is 0 Å². The highest BCUT2D eigenvalue weighted by Crippen LogP contribution is 2.13. The van der Waals surface area contributed by atoms with E-state index in [0.29, 0.717) is 6.04 Å². The lowest BCUT2D eigenvalue weighted by atomic mass is 10.1. The zero-order valence-corrected chi connectivity index (χ0v) is 17.7. The van der Waals surface area contributed by atoms with Crippen LogP contribution < -0.4 is 4.57 Å². The number of hydrogen-bond donors (Lipinski definition) is 0. The molecule has 0 unspecified atom stereocenters. The van der Waals surface area contributed by atoms with E-state index in [0.717, 1.165) is 0 Å². The van der Waals surface area contributed by atoms with E-state index >= 15 is 0 Å². The van der Waals surface area contributed by atoms with Gasteiger partial charge in [0.05, 0.1) is 12.6 Å². The molecule has 0 saturated carbocycles. The summed E-state index contributed by atoms with van der Waals surface area (Å²) in [5.41, 5.74) is 0. The molecule has 0 atom stereocenters. The molecule has 1 rings (SSSR count). The average Bonchev–Trinajstić information content (AvgIpc) is 3.00. The summed E-state index contributed by atoms with van der Waals surface area (Å²) in [4.78, 5) is 0. The summed E-state index contributed by atoms with van der Waals surface area (Å²) in [6.07, 6.45) is 23.9. The third-order valence-corrected chi connectivity index (χ3v) is 5.35. The molecule has 0 aromatic carbocycles. The van der Waals surface area contributed by atoms with Crippen LogP contribution in [0.1, 0.15) is 123 Å². The van der Waals surface area contributed by atoms with E-state index in [9.17, 15) is 0 Å². The van der Waals surface area contributed by atoms with Crippen molar-refractivity contribution in [1.82, 2.24) is 4.57 Å². The number of imidazole rings is 1. The van der Waals surface area contributed by atoms with Gasteiger partial charge in [0.2, 0.25) is 0 Å². The Morgan fingerprint density at radius 1 is 0.760 bits per heavy atom. The fourth-order valence-corrected chi connectivity index (χ4v) is 3.72. The van der Waals surface area contributed by atoms with Crippen LogP contribution in [-0.2, 0) is 13.0 Å². The lowest BCUT2D eigenvalue weighted by Crippen LogP contribution is -2.37. The van der Waals surface area contributed by atoms with Gasteiger partial charge in [-0.25, -0.2) is 9.13 Å². The second-order valence-electron chi connectivity index (χ2n) is 8.05. The summed E-state index contributed by atoms with van der Waals surface area (Å²) in [5, 5.41) is 0. The molecular weight excluding hydrogens is 304 g/mol. The van der Waals surface area contributed by atoms with Crippen molar-refractivity contribution in [2.24, 2.45) is 0 Å². The Balaban J connectivity index is 2.34. The Kier molecular flexibility index (Phi) is 12.8. The number of rotatable bonds is 16. The van der Waals surface area contributed by atoms with Crippen molar-refractivity contribution >= 4 is 0 Å². The third kappa shape index (κ3) is 9.47. The van der Waals surface area contributed by atoms with Crippen LogP contribution in [-0.4, -0.2) is 4.57 Å². The zero-order valence-electron chi connectivity index (χ0n) is 17.7. The predicted octanol–water partition coefficient (Wildman–Crippen LogP) is 7.01. The Morgan fingerprint density at radius 2 is 1.28 bits per heavy atom. The maximum atomic E-state index is 2.54. The van der Waals surface area contributed by atoms with Gasteiger partial charge in [0.1, 0.15) is 12.4 Å². The second-order valence-corrected chi connectivity index (χ2v) is 8.05. The van der Waals surface area contributed by atoms with E-state index in [1.54, 1.807) is 5.82 Å². The Bertz CT molecular complexity index is 420. The smallest absolute Gasteiger partial charge is 0.234 e. The van der Waals surface area contributed by atoms with E-state index in [1.807, 2.05) is 0 Å². The number of hydrogen-bond acceptors (Lipinski definition) is 0. The van der Waals surface area contributed by atoms with Crippen LogP contribution in [0.4, 0.5) is 0 Å². The van der Waals surface area contributed by atoms with Crippen LogP contribution in [0.5, 0.6) is 0 Å². The van der Waals surface area contributed by atoms with Gasteiger partial charge in [-0.2, -0.15) is 0 Å². The van der Waals surface area contributed by atoms with E-state index in [-0.39, 0.29) is 0 Å². The predicted molar refractivity (Wildman–Crippen MR) is 110 cm³/mol. The van der Waals surface area contributed by atoms with E-state index in [2.05, 4.69) is 49.2 Å². The van der Waals surface area contributed by atoms with Crippen LogP contribution >= 0.6 is 0 Å². The normalized spacial score (nSPS) is 11.6. The molecule has 0 aliphatic carbocycles. The molecule has 1 aromatic rings. The van der Waals surface area contributed by atoms with Crippen molar-refractivity contribution in [3.05, 3.63) is 18.2 Å². The average molecular weight is 350 g/mol. The zero-order chi connectivity index (χ0) is 18.3. The number of unbranched alkanes of at least 4 members (excludes halogenated alkanes) is 11. The molecule has 0 aliphatic rings. The molecular formula is C23H45N2+. The second kappa shape index (κ2) is 14.4. The van der Waals surface area contributed by atoms with Gasteiger partial charge < -0.3 is 0 Å². The van der Waals surface area contributed by atoms with Crippen LogP contribution in [0.2, 0.25) is 0 Å². The Labute approximate surface area is 158 Å². The first-order chi connectivity index (χ1) is 12.2. The molecule has 1 aromatic heterocycles. The summed E-state index contributed by atoms with van der Waals surface area (Å²) >= 11 is 0. The SMILES string of the molecule is CCCCCCCCCC[n+]1ccn(C(C)C)c1CCCCCCC. The minimum atomic E-state index is 0.574. The van der Waals surface area contributed by atoms with Crippen LogP contribution in [0.15, 0.2) is 12.4 Å². The molecule has 1 heterocycles. The van der Waals surface area contributed by atoms with E-state index < -0.39 is 0 Å². The van der Waals surface area contributed by atoms with Gasteiger partial charge in [-0.05, 0) is 33.1 Å². The Hall–Kier alpha value is -0.790. The van der Waals surface area contributed by atoms with Gasteiger partial charge in [0.25, 0.3) is 5.82 Å². The minimum absolute atomic E-state index is 0.574. The lowest BCUT2D eigenvalue weighted by molar-refractivity contribution is -0.704. The van der Waals surface area contributed by atoms with Gasteiger partial charge >= 0.3 is 0 Å². The maximum Gasteiger partial charge on any atom is 0.256 e. The first-order valence-electron chi connectivity index (χ1n) is 11.3. The van der Waals surface area contributed by atoms with Gasteiger partial charge in [0, 0.05) is 6.42 Å². The van der Waals surface area contributed by atoms with Gasteiger partial charge in [0.15, 0.2) is 0 Å². The van der Waals surface area contributed by atoms with Crippen LogP contribution in [0.25, 0.3) is 0 Å². The highest BCUT2D eigenvalue weighted by Gasteiger charge is 2.18. The van der Waals surface area contributed by atoms with Crippen molar-refractivity contribution in [3.8, 4) is 0 Å². The standard InChI is InChI=1S/C23H45N2/c1-5-7-9-11-12-13-15-17-19-24-20-21-25(22(3)4)23(24)18-16-14-10-8-6-2/h20-22H,5-19H2,1-4H3/q+1. The van der Waals surface area contributed by atoms with Crippen molar-refractivity contribution in [2.45, 2.75) is 130 Å². The molecule has 0 radical (unpaired) electrons. The van der Waals surface area contributed by atoms with Crippen molar-refractivity contribution in [2.75, 3.05) is 0 Å².